The summed E-state index contributed by atoms with van der Waals surface area (Å²) in [6.07, 6.45) is 0. The number of amides is 2. The van der Waals surface area contributed by atoms with E-state index in [4.69, 9.17) is 5.73 Å². The molecule has 2 aromatic rings. The number of urea groups is 1. The van der Waals surface area contributed by atoms with Crippen LogP contribution in [0.5, 0.6) is 0 Å². The number of nitrogens with two attached hydrogens (primary N) is 1. The molecule has 0 aliphatic heterocycles. The summed E-state index contributed by atoms with van der Waals surface area (Å²) < 4.78 is 15.1. The molecule has 0 aromatic heterocycles. The lowest BCUT2D eigenvalue weighted by Crippen LogP contribution is -2.27. The number of thiol groups is 1. The molecule has 0 atom stereocenters. The van der Waals surface area contributed by atoms with Gasteiger partial charge in [-0.25, -0.2) is 13.5 Å². The molecule has 21 heavy (non-hydrogen) atoms. The Balaban J connectivity index is 2.19. The van der Waals surface area contributed by atoms with Crippen molar-refractivity contribution in [2.75, 3.05) is 16.3 Å². The van der Waals surface area contributed by atoms with Crippen LogP contribution < -0.4 is 14.9 Å². The van der Waals surface area contributed by atoms with Gasteiger partial charge in [0.15, 0.2) is 0 Å². The molecule has 0 spiro atoms. The summed E-state index contributed by atoms with van der Waals surface area (Å²) in [5.41, 5.74) is 6.91. The van der Waals surface area contributed by atoms with E-state index < -0.39 is 11.8 Å². The minimum Gasteiger partial charge on any atom is -0.368 e. The minimum absolute atomic E-state index is 0.292. The Kier molecular flexibility index (Phi) is 4.70. The standard InChI is InChI=1S/C15H16FN3OS/c1-18(10-11-5-3-2-4-6-11)14-8-7-12(9-13(14)16)19(21)15(17)20/h2-9,21H,10H2,1H3,(H2,17,20). The molecule has 0 aliphatic carbocycles. The minimum atomic E-state index is -0.761. The van der Waals surface area contributed by atoms with Crippen molar-refractivity contribution in [1.29, 1.82) is 0 Å². The molecule has 2 aromatic carbocycles. The lowest BCUT2D eigenvalue weighted by molar-refractivity contribution is 0.257. The van der Waals surface area contributed by atoms with Crippen molar-refractivity contribution >= 4 is 30.2 Å². The molecular formula is C15H16FN3OS. The molecule has 110 valence electrons. The number of rotatable bonds is 4. The third kappa shape index (κ3) is 3.66. The van der Waals surface area contributed by atoms with Crippen LogP contribution in [0.4, 0.5) is 20.6 Å². The third-order valence-electron chi connectivity index (χ3n) is 3.06. The van der Waals surface area contributed by atoms with Gasteiger partial charge in [0.25, 0.3) is 0 Å². The predicted octanol–water partition coefficient (Wildman–Crippen LogP) is 3.19. The Labute approximate surface area is 128 Å². The molecule has 4 nitrogen and oxygen atoms in total. The number of carbonyl (C=O) groups excluding carboxylic acids is 1. The quantitative estimate of drug-likeness (QED) is 0.852. The van der Waals surface area contributed by atoms with E-state index in [2.05, 4.69) is 12.8 Å². The first-order chi connectivity index (χ1) is 9.99. The second-order valence-corrected chi connectivity index (χ2v) is 5.03. The van der Waals surface area contributed by atoms with Gasteiger partial charge in [-0.2, -0.15) is 0 Å². The van der Waals surface area contributed by atoms with Gasteiger partial charge in [0.05, 0.1) is 11.4 Å². The van der Waals surface area contributed by atoms with Gasteiger partial charge in [-0.3, -0.25) is 0 Å². The van der Waals surface area contributed by atoms with Crippen LogP contribution in [0.1, 0.15) is 5.56 Å². The summed E-state index contributed by atoms with van der Waals surface area (Å²) in [6, 6.07) is 13.4. The van der Waals surface area contributed by atoms with Gasteiger partial charge in [-0.05, 0) is 17.7 Å². The van der Waals surface area contributed by atoms with Crippen LogP contribution in [-0.2, 0) is 6.54 Å². The van der Waals surface area contributed by atoms with Gasteiger partial charge in [0, 0.05) is 19.7 Å². The highest BCUT2D eigenvalue weighted by Gasteiger charge is 2.13. The van der Waals surface area contributed by atoms with E-state index in [1.165, 1.54) is 6.07 Å². The molecule has 2 N–H and O–H groups in total. The Hall–Kier alpha value is -2.21. The van der Waals surface area contributed by atoms with Crippen molar-refractivity contribution in [1.82, 2.24) is 0 Å². The molecule has 6 heteroatoms. The first-order valence-corrected chi connectivity index (χ1v) is 6.72. The van der Waals surface area contributed by atoms with Crippen LogP contribution in [0.2, 0.25) is 0 Å². The largest absolute Gasteiger partial charge is 0.368 e. The summed E-state index contributed by atoms with van der Waals surface area (Å²) in [4.78, 5) is 12.8. The molecule has 0 heterocycles. The molecule has 0 saturated carbocycles. The lowest BCUT2D eigenvalue weighted by Gasteiger charge is -2.21. The van der Waals surface area contributed by atoms with Gasteiger partial charge in [-0.15, -0.1) is 0 Å². The Bertz CT molecular complexity index is 636. The second-order valence-electron chi connectivity index (χ2n) is 4.63. The van der Waals surface area contributed by atoms with Gasteiger partial charge in [0.2, 0.25) is 0 Å². The van der Waals surface area contributed by atoms with Crippen LogP contribution in [-0.4, -0.2) is 13.1 Å². The Morgan fingerprint density at radius 2 is 1.90 bits per heavy atom. The van der Waals surface area contributed by atoms with E-state index in [9.17, 15) is 9.18 Å². The average molecular weight is 305 g/mol. The maximum atomic E-state index is 14.2. The number of hydrogen-bond acceptors (Lipinski definition) is 3. The monoisotopic (exact) mass is 305 g/mol. The van der Waals surface area contributed by atoms with Crippen molar-refractivity contribution in [2.24, 2.45) is 5.73 Å². The van der Waals surface area contributed by atoms with Crippen LogP contribution in [0.3, 0.4) is 0 Å². The normalized spacial score (nSPS) is 10.2. The number of halogens is 1. The van der Waals surface area contributed by atoms with E-state index in [1.54, 1.807) is 24.1 Å². The topological polar surface area (TPSA) is 49.6 Å². The predicted molar refractivity (Wildman–Crippen MR) is 86.0 cm³/mol. The highest BCUT2D eigenvalue weighted by molar-refractivity contribution is 7.82. The molecule has 0 radical (unpaired) electrons. The molecule has 0 aliphatic rings. The number of anilines is 2. The first-order valence-electron chi connectivity index (χ1n) is 6.32. The molecule has 0 saturated heterocycles. The third-order valence-corrected chi connectivity index (χ3v) is 3.49. The van der Waals surface area contributed by atoms with Gasteiger partial charge in [0.1, 0.15) is 5.82 Å². The fourth-order valence-corrected chi connectivity index (χ4v) is 2.13. The molecule has 0 bridgehead atoms. The number of primary amides is 1. The van der Waals surface area contributed by atoms with Crippen molar-refractivity contribution in [2.45, 2.75) is 6.54 Å². The SMILES string of the molecule is CN(Cc1ccccc1)c1ccc(N(S)C(N)=O)cc1F. The summed E-state index contributed by atoms with van der Waals surface area (Å²) in [7, 11) is 1.80. The van der Waals surface area contributed by atoms with Crippen LogP contribution in [0, 0.1) is 5.82 Å². The van der Waals surface area contributed by atoms with Crippen molar-refractivity contribution in [3.63, 3.8) is 0 Å². The summed E-state index contributed by atoms with van der Waals surface area (Å²) >= 11 is 3.91. The van der Waals surface area contributed by atoms with Crippen molar-refractivity contribution in [3.05, 3.63) is 59.9 Å². The zero-order valence-corrected chi connectivity index (χ0v) is 12.4. The zero-order chi connectivity index (χ0) is 15.4. The van der Waals surface area contributed by atoms with E-state index >= 15 is 0 Å². The molecule has 2 amide bonds. The van der Waals surface area contributed by atoms with E-state index in [0.29, 0.717) is 17.9 Å². The zero-order valence-electron chi connectivity index (χ0n) is 11.5. The number of benzene rings is 2. The average Bonchev–Trinajstić information content (AvgIpc) is 2.47. The number of hydrogen-bond donors (Lipinski definition) is 2. The van der Waals surface area contributed by atoms with Crippen molar-refractivity contribution in [3.8, 4) is 0 Å². The maximum Gasteiger partial charge on any atom is 0.329 e. The lowest BCUT2D eigenvalue weighted by atomic mass is 10.2. The van der Waals surface area contributed by atoms with E-state index in [0.717, 1.165) is 9.87 Å². The Morgan fingerprint density at radius 1 is 1.24 bits per heavy atom. The molecular weight excluding hydrogens is 289 g/mol. The van der Waals surface area contributed by atoms with Crippen LogP contribution >= 0.6 is 12.8 Å². The highest BCUT2D eigenvalue weighted by Crippen LogP contribution is 2.26. The highest BCUT2D eigenvalue weighted by atomic mass is 32.1. The van der Waals surface area contributed by atoms with Gasteiger partial charge in [-0.1, -0.05) is 43.1 Å². The fraction of sp³-hybridized carbons (Fsp3) is 0.133. The fourth-order valence-electron chi connectivity index (χ4n) is 2.01. The summed E-state index contributed by atoms with van der Waals surface area (Å²) in [5.74, 6) is -0.439. The number of carbonyl (C=O) groups is 1. The summed E-state index contributed by atoms with van der Waals surface area (Å²) in [5, 5.41) is 0. The van der Waals surface area contributed by atoms with Crippen LogP contribution in [0.25, 0.3) is 0 Å². The summed E-state index contributed by atoms with van der Waals surface area (Å²) in [6.45, 7) is 0.581. The van der Waals surface area contributed by atoms with Gasteiger partial charge < -0.3 is 10.6 Å². The maximum absolute atomic E-state index is 14.2. The van der Waals surface area contributed by atoms with Crippen molar-refractivity contribution < 1.29 is 9.18 Å². The second kappa shape index (κ2) is 6.49. The first kappa shape index (κ1) is 15.2. The smallest absolute Gasteiger partial charge is 0.329 e. The Morgan fingerprint density at radius 3 is 2.48 bits per heavy atom. The molecule has 0 unspecified atom stereocenters. The van der Waals surface area contributed by atoms with Crippen LogP contribution in [0.15, 0.2) is 48.5 Å². The van der Waals surface area contributed by atoms with E-state index in [1.807, 2.05) is 30.3 Å². The molecule has 0 fully saturated rings. The van der Waals surface area contributed by atoms with Gasteiger partial charge >= 0.3 is 6.03 Å². The molecule has 2 rings (SSSR count). The van der Waals surface area contributed by atoms with E-state index in [-0.39, 0.29) is 0 Å². The number of nitrogens with zero attached hydrogens (tertiary/aromatic N) is 2.